The molecule has 1 aromatic heterocycles. The second kappa shape index (κ2) is 10.1. The van der Waals surface area contributed by atoms with Crippen molar-refractivity contribution in [3.05, 3.63) is 44.6 Å². The number of carbonyl (C=O) groups excluding carboxylic acids is 1. The van der Waals surface area contributed by atoms with Gasteiger partial charge in [-0.2, -0.15) is 0 Å². The number of hydrogen-bond donors (Lipinski definition) is 1. The monoisotopic (exact) mass is 373 g/mol. The van der Waals surface area contributed by atoms with Crippen LogP contribution in [-0.2, 0) is 17.9 Å². The maximum atomic E-state index is 13.0. The molecule has 6 heteroatoms. The molecule has 0 aliphatic heterocycles. The Labute approximate surface area is 160 Å². The Kier molecular flexibility index (Phi) is 7.82. The SMILES string of the molecule is CCCCCCn1c(=O)n(CC(=O)NCCCC)c(=O)c2c(C)cccc21. The summed E-state index contributed by atoms with van der Waals surface area (Å²) in [5, 5.41) is 3.30. The van der Waals surface area contributed by atoms with Crippen molar-refractivity contribution in [3.8, 4) is 0 Å². The minimum atomic E-state index is -0.403. The summed E-state index contributed by atoms with van der Waals surface area (Å²) >= 11 is 0. The van der Waals surface area contributed by atoms with Gasteiger partial charge in [-0.1, -0.05) is 51.7 Å². The van der Waals surface area contributed by atoms with Gasteiger partial charge in [-0.3, -0.25) is 18.7 Å². The lowest BCUT2D eigenvalue weighted by Crippen LogP contribution is -2.44. The molecule has 0 unspecified atom stereocenters. The van der Waals surface area contributed by atoms with E-state index >= 15 is 0 Å². The summed E-state index contributed by atoms with van der Waals surface area (Å²) in [5.41, 5.74) is 0.688. The van der Waals surface area contributed by atoms with Crippen LogP contribution in [0.5, 0.6) is 0 Å². The Morgan fingerprint density at radius 1 is 1.00 bits per heavy atom. The molecule has 148 valence electrons. The van der Waals surface area contributed by atoms with Crippen LogP contribution in [-0.4, -0.2) is 21.6 Å². The lowest BCUT2D eigenvalue weighted by Gasteiger charge is -2.15. The number of aryl methyl sites for hydroxylation is 2. The predicted octanol–water partition coefficient (Wildman–Crippen LogP) is 2.97. The molecule has 0 atom stereocenters. The number of nitrogens with zero attached hydrogens (tertiary/aromatic N) is 2. The Balaban J connectivity index is 2.44. The van der Waals surface area contributed by atoms with Gasteiger partial charge in [-0.25, -0.2) is 4.79 Å². The maximum absolute atomic E-state index is 13.0. The third-order valence-electron chi connectivity index (χ3n) is 4.85. The Hall–Kier alpha value is -2.37. The van der Waals surface area contributed by atoms with E-state index in [2.05, 4.69) is 12.2 Å². The molecule has 1 heterocycles. The lowest BCUT2D eigenvalue weighted by atomic mass is 10.1. The fraction of sp³-hybridized carbons (Fsp3) is 0.571. The van der Waals surface area contributed by atoms with Crippen molar-refractivity contribution in [1.82, 2.24) is 14.5 Å². The van der Waals surface area contributed by atoms with Crippen LogP contribution < -0.4 is 16.6 Å². The van der Waals surface area contributed by atoms with E-state index in [-0.39, 0.29) is 18.0 Å². The average molecular weight is 373 g/mol. The summed E-state index contributed by atoms with van der Waals surface area (Å²) in [4.78, 5) is 38.1. The summed E-state index contributed by atoms with van der Waals surface area (Å²) < 4.78 is 2.73. The number of nitrogens with one attached hydrogen (secondary N) is 1. The molecule has 2 aromatic rings. The van der Waals surface area contributed by atoms with E-state index in [0.29, 0.717) is 24.0 Å². The minimum absolute atomic E-state index is 0.236. The molecule has 1 N–H and O–H groups in total. The number of fused-ring (bicyclic) bond motifs is 1. The predicted molar refractivity (Wildman–Crippen MR) is 109 cm³/mol. The topological polar surface area (TPSA) is 73.1 Å². The highest BCUT2D eigenvalue weighted by Crippen LogP contribution is 2.14. The first-order chi connectivity index (χ1) is 13.0. The molecular weight excluding hydrogens is 342 g/mol. The normalized spacial score (nSPS) is 11.1. The van der Waals surface area contributed by atoms with Gasteiger partial charge in [0.1, 0.15) is 6.54 Å². The van der Waals surface area contributed by atoms with Crippen molar-refractivity contribution in [2.75, 3.05) is 6.54 Å². The molecule has 27 heavy (non-hydrogen) atoms. The van der Waals surface area contributed by atoms with E-state index < -0.39 is 5.69 Å². The summed E-state index contributed by atoms with van der Waals surface area (Å²) in [6.45, 7) is 6.92. The first-order valence-corrected chi connectivity index (χ1v) is 10.0. The van der Waals surface area contributed by atoms with Crippen LogP contribution in [0, 0.1) is 6.92 Å². The van der Waals surface area contributed by atoms with E-state index in [9.17, 15) is 14.4 Å². The quantitative estimate of drug-likeness (QED) is 0.651. The van der Waals surface area contributed by atoms with Crippen LogP contribution in [0.15, 0.2) is 27.8 Å². The molecule has 1 amide bonds. The molecule has 0 saturated heterocycles. The molecule has 1 aromatic carbocycles. The number of amides is 1. The van der Waals surface area contributed by atoms with E-state index in [1.807, 2.05) is 32.0 Å². The van der Waals surface area contributed by atoms with Crippen molar-refractivity contribution < 1.29 is 4.79 Å². The molecule has 0 bridgehead atoms. The number of carbonyl (C=O) groups is 1. The first-order valence-electron chi connectivity index (χ1n) is 10.0. The molecule has 2 rings (SSSR count). The molecule has 0 aliphatic rings. The zero-order chi connectivity index (χ0) is 19.8. The Bertz CT molecular complexity index is 896. The standard InChI is InChI=1S/C21H31N3O3/c1-4-6-8-9-14-23-17-12-10-11-16(3)19(17)20(26)24(21(23)27)15-18(25)22-13-7-5-2/h10-12H,4-9,13-15H2,1-3H3,(H,22,25). The Morgan fingerprint density at radius 2 is 1.74 bits per heavy atom. The van der Waals surface area contributed by atoms with Crippen molar-refractivity contribution in [2.24, 2.45) is 0 Å². The lowest BCUT2D eigenvalue weighted by molar-refractivity contribution is -0.121. The summed E-state index contributed by atoms with van der Waals surface area (Å²) in [6, 6.07) is 5.54. The molecular formula is C21H31N3O3. The largest absolute Gasteiger partial charge is 0.355 e. The van der Waals surface area contributed by atoms with Gasteiger partial charge in [0.2, 0.25) is 5.91 Å². The minimum Gasteiger partial charge on any atom is -0.355 e. The van der Waals surface area contributed by atoms with Crippen molar-refractivity contribution in [1.29, 1.82) is 0 Å². The van der Waals surface area contributed by atoms with Crippen LogP contribution in [0.2, 0.25) is 0 Å². The van der Waals surface area contributed by atoms with Gasteiger partial charge in [0.05, 0.1) is 10.9 Å². The van der Waals surface area contributed by atoms with Crippen LogP contribution in [0.1, 0.15) is 57.9 Å². The van der Waals surface area contributed by atoms with Crippen LogP contribution >= 0.6 is 0 Å². The Morgan fingerprint density at radius 3 is 2.44 bits per heavy atom. The van der Waals surface area contributed by atoms with E-state index in [1.165, 1.54) is 0 Å². The smallest absolute Gasteiger partial charge is 0.331 e. The van der Waals surface area contributed by atoms with Gasteiger partial charge >= 0.3 is 5.69 Å². The second-order valence-electron chi connectivity index (χ2n) is 7.06. The molecule has 0 spiro atoms. The van der Waals surface area contributed by atoms with Gasteiger partial charge in [-0.05, 0) is 31.4 Å². The van der Waals surface area contributed by atoms with Crippen molar-refractivity contribution in [2.45, 2.75) is 72.4 Å². The molecule has 0 aliphatic carbocycles. The van der Waals surface area contributed by atoms with Gasteiger partial charge < -0.3 is 5.32 Å². The highest BCUT2D eigenvalue weighted by atomic mass is 16.2. The van der Waals surface area contributed by atoms with Crippen molar-refractivity contribution in [3.63, 3.8) is 0 Å². The zero-order valence-corrected chi connectivity index (χ0v) is 16.7. The van der Waals surface area contributed by atoms with Gasteiger partial charge in [0.15, 0.2) is 0 Å². The number of hydrogen-bond acceptors (Lipinski definition) is 3. The average Bonchev–Trinajstić information content (AvgIpc) is 2.64. The summed E-state index contributed by atoms with van der Waals surface area (Å²) in [5.74, 6) is -0.298. The number of benzene rings is 1. The molecule has 6 nitrogen and oxygen atoms in total. The third kappa shape index (κ3) is 5.08. The number of aromatic nitrogens is 2. The fourth-order valence-corrected chi connectivity index (χ4v) is 3.28. The maximum Gasteiger partial charge on any atom is 0.331 e. The number of unbranched alkanes of at least 4 members (excludes halogenated alkanes) is 4. The zero-order valence-electron chi connectivity index (χ0n) is 16.7. The van der Waals surface area contributed by atoms with Crippen LogP contribution in [0.25, 0.3) is 10.9 Å². The van der Waals surface area contributed by atoms with Gasteiger partial charge in [0.25, 0.3) is 5.56 Å². The van der Waals surface area contributed by atoms with E-state index in [1.54, 1.807) is 4.57 Å². The third-order valence-corrected chi connectivity index (χ3v) is 4.85. The fourth-order valence-electron chi connectivity index (χ4n) is 3.28. The molecule has 0 radical (unpaired) electrons. The second-order valence-corrected chi connectivity index (χ2v) is 7.06. The summed E-state index contributed by atoms with van der Waals surface area (Å²) in [6.07, 6.45) is 5.99. The van der Waals surface area contributed by atoms with E-state index in [0.717, 1.165) is 48.7 Å². The molecule has 0 saturated carbocycles. The molecule has 0 fully saturated rings. The first kappa shape index (κ1) is 20.9. The van der Waals surface area contributed by atoms with Gasteiger partial charge in [-0.15, -0.1) is 0 Å². The van der Waals surface area contributed by atoms with Gasteiger partial charge in [0, 0.05) is 13.1 Å². The van der Waals surface area contributed by atoms with Crippen LogP contribution in [0.4, 0.5) is 0 Å². The highest BCUT2D eigenvalue weighted by Gasteiger charge is 2.16. The van der Waals surface area contributed by atoms with Crippen molar-refractivity contribution >= 4 is 16.8 Å². The summed E-state index contributed by atoms with van der Waals surface area (Å²) in [7, 11) is 0. The van der Waals surface area contributed by atoms with Crippen LogP contribution in [0.3, 0.4) is 0 Å². The van der Waals surface area contributed by atoms with E-state index in [4.69, 9.17) is 0 Å². The number of rotatable bonds is 10. The highest BCUT2D eigenvalue weighted by molar-refractivity contribution is 5.82.